The number of nitrogens with one attached hydrogen (secondary N) is 2. The van der Waals surface area contributed by atoms with Gasteiger partial charge in [-0.15, -0.1) is 5.10 Å². The third-order valence-electron chi connectivity index (χ3n) is 2.55. The summed E-state index contributed by atoms with van der Waals surface area (Å²) in [7, 11) is 0. The Kier molecular flexibility index (Phi) is 4.39. The highest BCUT2D eigenvalue weighted by Gasteiger charge is 2.15. The van der Waals surface area contributed by atoms with Gasteiger partial charge in [0.2, 0.25) is 5.82 Å². The number of hydrogen-bond acceptors (Lipinski definition) is 8. The maximum Gasteiger partial charge on any atom is 0.311 e. The predicted octanol–water partition coefficient (Wildman–Crippen LogP) is 0.369. The third kappa shape index (κ3) is 3.38. The number of aromatic nitrogens is 4. The standard InChI is InChI=1S/C10H14N8O2/c11-15-9-3-2-8(18(19)20)10(14-9)12-4-1-6-17-7-5-13-16-17/h2-3,5,7H,1,4,6,11H2,(H2,12,14,15). The van der Waals surface area contributed by atoms with Gasteiger partial charge in [-0.05, 0) is 12.5 Å². The van der Waals surface area contributed by atoms with E-state index in [-0.39, 0.29) is 11.5 Å². The average molecular weight is 278 g/mol. The fourth-order valence-electron chi connectivity index (χ4n) is 1.61. The average Bonchev–Trinajstić information content (AvgIpc) is 2.96. The number of hydrogen-bond donors (Lipinski definition) is 3. The second-order valence-electron chi connectivity index (χ2n) is 3.91. The molecule has 2 rings (SSSR count). The number of nitrogen functional groups attached to an aromatic ring is 1. The number of pyridine rings is 1. The molecule has 20 heavy (non-hydrogen) atoms. The van der Waals surface area contributed by atoms with E-state index in [2.05, 4.69) is 26.0 Å². The molecule has 0 aliphatic rings. The second-order valence-corrected chi connectivity index (χ2v) is 3.91. The zero-order chi connectivity index (χ0) is 14.4. The number of hydrazine groups is 1. The van der Waals surface area contributed by atoms with Crippen molar-refractivity contribution < 1.29 is 4.92 Å². The summed E-state index contributed by atoms with van der Waals surface area (Å²) in [6.07, 6.45) is 4.07. The van der Waals surface area contributed by atoms with E-state index in [1.807, 2.05) is 0 Å². The van der Waals surface area contributed by atoms with Crippen LogP contribution in [0.25, 0.3) is 0 Å². The van der Waals surface area contributed by atoms with Crippen LogP contribution >= 0.6 is 0 Å². The lowest BCUT2D eigenvalue weighted by Gasteiger charge is -2.07. The van der Waals surface area contributed by atoms with Crippen LogP contribution in [0.5, 0.6) is 0 Å². The summed E-state index contributed by atoms with van der Waals surface area (Å²) >= 11 is 0. The molecule has 0 saturated heterocycles. The fraction of sp³-hybridized carbons (Fsp3) is 0.300. The summed E-state index contributed by atoms with van der Waals surface area (Å²) in [5.41, 5.74) is 2.26. The Labute approximate surface area is 114 Å². The van der Waals surface area contributed by atoms with Crippen LogP contribution in [0.15, 0.2) is 24.5 Å². The first kappa shape index (κ1) is 13.7. The highest BCUT2D eigenvalue weighted by Crippen LogP contribution is 2.23. The number of nitro groups is 1. The van der Waals surface area contributed by atoms with Gasteiger partial charge in [0.25, 0.3) is 0 Å². The van der Waals surface area contributed by atoms with Gasteiger partial charge in [0.15, 0.2) is 0 Å². The predicted molar refractivity (Wildman–Crippen MR) is 71.8 cm³/mol. The summed E-state index contributed by atoms with van der Waals surface area (Å²) in [4.78, 5) is 14.4. The molecule has 0 bridgehead atoms. The first-order valence-electron chi connectivity index (χ1n) is 5.90. The minimum absolute atomic E-state index is 0.0928. The van der Waals surface area contributed by atoms with E-state index in [9.17, 15) is 10.1 Å². The van der Waals surface area contributed by atoms with Crippen LogP contribution in [0.1, 0.15) is 6.42 Å². The van der Waals surface area contributed by atoms with Gasteiger partial charge in [0.1, 0.15) is 5.82 Å². The van der Waals surface area contributed by atoms with Crippen LogP contribution in [-0.4, -0.2) is 31.4 Å². The third-order valence-corrected chi connectivity index (χ3v) is 2.55. The van der Waals surface area contributed by atoms with Gasteiger partial charge in [-0.1, -0.05) is 5.21 Å². The van der Waals surface area contributed by atoms with Crippen molar-refractivity contribution in [3.8, 4) is 0 Å². The maximum absolute atomic E-state index is 10.9. The minimum Gasteiger partial charge on any atom is -0.364 e. The summed E-state index contributed by atoms with van der Waals surface area (Å²) in [5, 5.41) is 21.3. The van der Waals surface area contributed by atoms with Gasteiger partial charge in [-0.25, -0.2) is 10.8 Å². The van der Waals surface area contributed by atoms with Gasteiger partial charge in [-0.2, -0.15) is 0 Å². The molecule has 0 fully saturated rings. The molecule has 0 unspecified atom stereocenters. The van der Waals surface area contributed by atoms with E-state index in [0.717, 1.165) is 6.42 Å². The lowest BCUT2D eigenvalue weighted by molar-refractivity contribution is -0.384. The van der Waals surface area contributed by atoms with Crippen LogP contribution in [0.2, 0.25) is 0 Å². The van der Waals surface area contributed by atoms with Gasteiger partial charge >= 0.3 is 5.69 Å². The van der Waals surface area contributed by atoms with Gasteiger partial charge in [0, 0.05) is 25.4 Å². The Morgan fingerprint density at radius 2 is 2.30 bits per heavy atom. The monoisotopic (exact) mass is 278 g/mol. The Hall–Kier alpha value is -2.75. The lowest BCUT2D eigenvalue weighted by Crippen LogP contribution is -2.13. The first-order chi connectivity index (χ1) is 9.70. The molecular weight excluding hydrogens is 264 g/mol. The summed E-state index contributed by atoms with van der Waals surface area (Å²) < 4.78 is 1.68. The molecule has 10 heteroatoms. The molecule has 10 nitrogen and oxygen atoms in total. The smallest absolute Gasteiger partial charge is 0.311 e. The first-order valence-corrected chi connectivity index (χ1v) is 5.90. The van der Waals surface area contributed by atoms with Crippen LogP contribution in [-0.2, 0) is 6.54 Å². The van der Waals surface area contributed by atoms with E-state index >= 15 is 0 Å². The number of aryl methyl sites for hydroxylation is 1. The molecule has 0 aliphatic heterocycles. The summed E-state index contributed by atoms with van der Waals surface area (Å²) in [5.74, 6) is 5.78. The molecule has 0 radical (unpaired) electrons. The Bertz CT molecular complexity index is 571. The van der Waals surface area contributed by atoms with E-state index in [4.69, 9.17) is 5.84 Å². The van der Waals surface area contributed by atoms with Crippen molar-refractivity contribution in [2.75, 3.05) is 17.3 Å². The highest BCUT2D eigenvalue weighted by molar-refractivity contribution is 5.59. The number of anilines is 2. The van der Waals surface area contributed by atoms with Gasteiger partial charge < -0.3 is 10.7 Å². The molecular formula is C10H14N8O2. The fourth-order valence-corrected chi connectivity index (χ4v) is 1.61. The number of nitrogens with two attached hydrogens (primary N) is 1. The van der Waals surface area contributed by atoms with Crippen LogP contribution < -0.4 is 16.6 Å². The molecule has 0 saturated carbocycles. The summed E-state index contributed by atoms with van der Waals surface area (Å²) in [6.45, 7) is 1.18. The molecule has 2 aromatic rings. The lowest BCUT2D eigenvalue weighted by atomic mass is 10.3. The van der Waals surface area contributed by atoms with Crippen molar-refractivity contribution in [2.24, 2.45) is 5.84 Å². The second kappa shape index (κ2) is 6.43. The van der Waals surface area contributed by atoms with Crippen LogP contribution in [0, 0.1) is 10.1 Å². The molecule has 0 aliphatic carbocycles. The maximum atomic E-state index is 10.9. The molecule has 4 N–H and O–H groups in total. The topological polar surface area (TPSA) is 137 Å². The minimum atomic E-state index is -0.493. The van der Waals surface area contributed by atoms with Crippen molar-refractivity contribution in [1.82, 2.24) is 20.0 Å². The van der Waals surface area contributed by atoms with Crippen molar-refractivity contribution in [1.29, 1.82) is 0 Å². The van der Waals surface area contributed by atoms with E-state index in [0.29, 0.717) is 18.9 Å². The molecule has 2 aromatic heterocycles. The molecule has 2 heterocycles. The molecule has 0 aromatic carbocycles. The van der Waals surface area contributed by atoms with Gasteiger partial charge in [0.05, 0.1) is 11.1 Å². The molecule has 106 valence electrons. The van der Waals surface area contributed by atoms with Crippen molar-refractivity contribution in [3.63, 3.8) is 0 Å². The zero-order valence-corrected chi connectivity index (χ0v) is 10.6. The van der Waals surface area contributed by atoms with Crippen molar-refractivity contribution >= 4 is 17.3 Å². The van der Waals surface area contributed by atoms with Crippen molar-refractivity contribution in [2.45, 2.75) is 13.0 Å². The zero-order valence-electron chi connectivity index (χ0n) is 10.6. The molecule has 0 amide bonds. The largest absolute Gasteiger partial charge is 0.364 e. The van der Waals surface area contributed by atoms with E-state index in [1.54, 1.807) is 17.1 Å². The number of rotatable bonds is 7. The van der Waals surface area contributed by atoms with E-state index < -0.39 is 4.92 Å². The Balaban J connectivity index is 1.95. The van der Waals surface area contributed by atoms with Gasteiger partial charge in [-0.3, -0.25) is 14.8 Å². The summed E-state index contributed by atoms with van der Waals surface area (Å²) in [6, 6.07) is 2.79. The number of nitrogens with zero attached hydrogens (tertiary/aromatic N) is 5. The van der Waals surface area contributed by atoms with Crippen molar-refractivity contribution in [3.05, 3.63) is 34.6 Å². The molecule has 0 spiro atoms. The Morgan fingerprint density at radius 3 is 2.95 bits per heavy atom. The van der Waals surface area contributed by atoms with Crippen LogP contribution in [0.3, 0.4) is 0 Å². The normalized spacial score (nSPS) is 10.2. The van der Waals surface area contributed by atoms with Crippen LogP contribution in [0.4, 0.5) is 17.3 Å². The SMILES string of the molecule is NNc1ccc([N+](=O)[O-])c(NCCCn2ccnn2)n1. The van der Waals surface area contributed by atoms with E-state index in [1.165, 1.54) is 12.1 Å². The highest BCUT2D eigenvalue weighted by atomic mass is 16.6. The quantitative estimate of drug-likeness (QED) is 0.286. The molecule has 0 atom stereocenters. The Morgan fingerprint density at radius 1 is 1.45 bits per heavy atom.